The molecule has 0 unspecified atom stereocenters. The molecule has 0 radical (unpaired) electrons. The highest BCUT2D eigenvalue weighted by atomic mass is 32.2. The molecule has 0 fully saturated rings. The zero-order valence-electron chi connectivity index (χ0n) is 12.2. The largest absolute Gasteiger partial charge is 0.258 e. The summed E-state index contributed by atoms with van der Waals surface area (Å²) in [5.74, 6) is 0. The molecular weight excluding hydrogens is 284 g/mol. The predicted octanol–water partition coefficient (Wildman–Crippen LogP) is 5.64. The van der Waals surface area contributed by atoms with E-state index in [0.29, 0.717) is 0 Å². The zero-order chi connectivity index (χ0) is 14.0. The molecule has 0 aliphatic heterocycles. The smallest absolute Gasteiger partial charge is 0.166 e. The number of nitrogens with one attached hydrogen (secondary N) is 1. The van der Waals surface area contributed by atoms with Crippen molar-refractivity contribution in [2.24, 2.45) is 0 Å². The lowest BCUT2D eigenvalue weighted by Crippen LogP contribution is -2.04. The molecule has 2 rings (SSSR count). The minimum Gasteiger partial charge on any atom is -0.258 e. The second kappa shape index (κ2) is 9.37. The molecule has 4 heteroatoms. The molecule has 2 nitrogen and oxygen atoms in total. The van der Waals surface area contributed by atoms with Crippen LogP contribution in [0.15, 0.2) is 28.6 Å². The van der Waals surface area contributed by atoms with Gasteiger partial charge in [0.05, 0.1) is 10.2 Å². The Balaban J connectivity index is 1.55. The Hall–Kier alpha value is -0.580. The van der Waals surface area contributed by atoms with E-state index in [1.54, 1.807) is 23.3 Å². The SMILES string of the molecule is CCCCCCCCCNSc1nc2ccccc2s1. The normalized spacial score (nSPS) is 11.2. The van der Waals surface area contributed by atoms with Crippen molar-refractivity contribution in [2.45, 2.75) is 56.2 Å². The first-order valence-corrected chi connectivity index (χ1v) is 9.28. The van der Waals surface area contributed by atoms with E-state index in [-0.39, 0.29) is 0 Å². The summed E-state index contributed by atoms with van der Waals surface area (Å²) in [7, 11) is 0. The van der Waals surface area contributed by atoms with Crippen LogP contribution in [0.5, 0.6) is 0 Å². The van der Waals surface area contributed by atoms with E-state index in [1.165, 1.54) is 49.6 Å². The van der Waals surface area contributed by atoms with Crippen LogP contribution in [-0.2, 0) is 0 Å². The van der Waals surface area contributed by atoms with Crippen LogP contribution in [0, 0.1) is 0 Å². The van der Waals surface area contributed by atoms with Gasteiger partial charge in [-0.05, 0) is 30.5 Å². The summed E-state index contributed by atoms with van der Waals surface area (Å²) in [6, 6.07) is 8.32. The van der Waals surface area contributed by atoms with Crippen molar-refractivity contribution in [2.75, 3.05) is 6.54 Å². The Kier molecular flexibility index (Phi) is 7.41. The first-order valence-electron chi connectivity index (χ1n) is 7.65. The Morgan fingerprint density at radius 2 is 1.80 bits per heavy atom. The third-order valence-electron chi connectivity index (χ3n) is 3.32. The van der Waals surface area contributed by atoms with Crippen molar-refractivity contribution in [3.8, 4) is 0 Å². The van der Waals surface area contributed by atoms with Gasteiger partial charge in [-0.2, -0.15) is 0 Å². The monoisotopic (exact) mass is 308 g/mol. The lowest BCUT2D eigenvalue weighted by atomic mass is 10.1. The van der Waals surface area contributed by atoms with Gasteiger partial charge in [-0.25, -0.2) is 4.98 Å². The number of fused-ring (bicyclic) bond motifs is 1. The van der Waals surface area contributed by atoms with Crippen LogP contribution in [0.2, 0.25) is 0 Å². The third kappa shape index (κ3) is 5.43. The fraction of sp³-hybridized carbons (Fsp3) is 0.562. The number of unbranched alkanes of at least 4 members (excludes halogenated alkanes) is 6. The molecule has 1 heterocycles. The van der Waals surface area contributed by atoms with E-state index in [2.05, 4.69) is 34.8 Å². The van der Waals surface area contributed by atoms with Crippen LogP contribution < -0.4 is 4.72 Å². The number of benzene rings is 1. The molecule has 0 saturated heterocycles. The topological polar surface area (TPSA) is 24.9 Å². The van der Waals surface area contributed by atoms with Gasteiger partial charge < -0.3 is 0 Å². The average Bonchev–Trinajstić information content (AvgIpc) is 2.88. The first-order chi connectivity index (χ1) is 9.90. The molecule has 0 spiro atoms. The molecule has 0 aliphatic carbocycles. The molecule has 2 aromatic rings. The summed E-state index contributed by atoms with van der Waals surface area (Å²) in [5, 5.41) is 0. The molecule has 0 bridgehead atoms. The summed E-state index contributed by atoms with van der Waals surface area (Å²) in [4.78, 5) is 4.60. The standard InChI is InChI=1S/C16H24N2S2/c1-2-3-4-5-6-7-10-13-17-20-16-18-14-11-8-9-12-15(14)19-16/h8-9,11-12,17H,2-7,10,13H2,1H3. The van der Waals surface area contributed by atoms with Crippen molar-refractivity contribution in [1.29, 1.82) is 0 Å². The molecule has 0 amide bonds. The maximum atomic E-state index is 4.60. The summed E-state index contributed by atoms with van der Waals surface area (Å²) in [6.45, 7) is 3.34. The zero-order valence-corrected chi connectivity index (χ0v) is 13.9. The Labute approximate surface area is 130 Å². The maximum Gasteiger partial charge on any atom is 0.166 e. The quantitative estimate of drug-likeness (QED) is 0.454. The van der Waals surface area contributed by atoms with Crippen LogP contribution in [0.4, 0.5) is 0 Å². The molecule has 0 atom stereocenters. The van der Waals surface area contributed by atoms with Crippen molar-refractivity contribution in [3.05, 3.63) is 24.3 Å². The van der Waals surface area contributed by atoms with Gasteiger partial charge in [-0.15, -0.1) is 11.3 Å². The van der Waals surface area contributed by atoms with Crippen molar-refractivity contribution < 1.29 is 0 Å². The lowest BCUT2D eigenvalue weighted by molar-refractivity contribution is 0.588. The molecule has 1 aromatic carbocycles. The molecule has 0 aliphatic rings. The Morgan fingerprint density at radius 3 is 2.60 bits per heavy atom. The van der Waals surface area contributed by atoms with Crippen LogP contribution in [-0.4, -0.2) is 11.5 Å². The molecule has 0 saturated carbocycles. The summed E-state index contributed by atoms with van der Waals surface area (Å²) >= 11 is 3.44. The van der Waals surface area contributed by atoms with E-state index >= 15 is 0 Å². The second-order valence-corrected chi connectivity index (χ2v) is 7.23. The van der Waals surface area contributed by atoms with E-state index in [0.717, 1.165) is 16.4 Å². The number of hydrogen-bond donors (Lipinski definition) is 1. The van der Waals surface area contributed by atoms with Gasteiger partial charge in [0, 0.05) is 6.54 Å². The minimum absolute atomic E-state index is 1.08. The molecule has 1 N–H and O–H groups in total. The highest BCUT2D eigenvalue weighted by Crippen LogP contribution is 2.27. The van der Waals surface area contributed by atoms with Gasteiger partial charge in [0.15, 0.2) is 4.34 Å². The molecule has 1 aromatic heterocycles. The molecular formula is C16H24N2S2. The highest BCUT2D eigenvalue weighted by Gasteiger charge is 2.02. The Bertz CT molecular complexity index is 463. The number of thiazole rings is 1. The predicted molar refractivity (Wildman–Crippen MR) is 91.5 cm³/mol. The number of para-hydroxylation sites is 1. The van der Waals surface area contributed by atoms with Gasteiger partial charge >= 0.3 is 0 Å². The highest BCUT2D eigenvalue weighted by molar-refractivity contribution is 7.99. The number of rotatable bonds is 10. The maximum absolute atomic E-state index is 4.60. The molecule has 110 valence electrons. The van der Waals surface area contributed by atoms with Crippen molar-refractivity contribution >= 4 is 33.5 Å². The second-order valence-electron chi connectivity index (χ2n) is 5.07. The van der Waals surface area contributed by atoms with Gasteiger partial charge in [0.2, 0.25) is 0 Å². The van der Waals surface area contributed by atoms with E-state index in [1.807, 2.05) is 6.07 Å². The lowest BCUT2D eigenvalue weighted by Gasteiger charge is -2.02. The van der Waals surface area contributed by atoms with Gasteiger partial charge in [-0.3, -0.25) is 4.72 Å². The van der Waals surface area contributed by atoms with Crippen LogP contribution in [0.25, 0.3) is 10.2 Å². The van der Waals surface area contributed by atoms with Gasteiger partial charge in [0.1, 0.15) is 0 Å². The van der Waals surface area contributed by atoms with Crippen LogP contribution >= 0.6 is 23.3 Å². The summed E-state index contributed by atoms with van der Waals surface area (Å²) < 4.78 is 5.82. The fourth-order valence-electron chi connectivity index (χ4n) is 2.16. The van der Waals surface area contributed by atoms with Crippen molar-refractivity contribution in [3.63, 3.8) is 0 Å². The average molecular weight is 309 g/mol. The number of nitrogens with zero attached hydrogens (tertiary/aromatic N) is 1. The van der Waals surface area contributed by atoms with E-state index in [4.69, 9.17) is 0 Å². The Morgan fingerprint density at radius 1 is 1.05 bits per heavy atom. The van der Waals surface area contributed by atoms with E-state index in [9.17, 15) is 0 Å². The van der Waals surface area contributed by atoms with Gasteiger partial charge in [-0.1, -0.05) is 57.6 Å². The van der Waals surface area contributed by atoms with Crippen LogP contribution in [0.1, 0.15) is 51.9 Å². The molecule has 20 heavy (non-hydrogen) atoms. The van der Waals surface area contributed by atoms with E-state index < -0.39 is 0 Å². The number of aromatic nitrogens is 1. The van der Waals surface area contributed by atoms with Crippen molar-refractivity contribution in [1.82, 2.24) is 9.71 Å². The summed E-state index contributed by atoms with van der Waals surface area (Å²) in [5.41, 5.74) is 1.11. The van der Waals surface area contributed by atoms with Gasteiger partial charge in [0.25, 0.3) is 0 Å². The first kappa shape index (κ1) is 15.8. The minimum atomic E-state index is 1.08. The summed E-state index contributed by atoms with van der Waals surface area (Å²) in [6.07, 6.45) is 9.53. The number of hydrogen-bond acceptors (Lipinski definition) is 4. The van der Waals surface area contributed by atoms with Crippen LogP contribution in [0.3, 0.4) is 0 Å². The third-order valence-corrected chi connectivity index (χ3v) is 5.26. The fourth-order valence-corrected chi connectivity index (χ4v) is 3.99.